The van der Waals surface area contributed by atoms with E-state index in [-0.39, 0.29) is 17.1 Å². The van der Waals surface area contributed by atoms with Crippen molar-refractivity contribution in [3.63, 3.8) is 0 Å². The van der Waals surface area contributed by atoms with Crippen molar-refractivity contribution in [2.75, 3.05) is 0 Å². The molecule has 0 aromatic carbocycles. The number of nitrogens with zero attached hydrogens (tertiary/aromatic N) is 4. The van der Waals surface area contributed by atoms with E-state index in [0.29, 0.717) is 0 Å². The number of hydrogen-bond donors (Lipinski definition) is 0. The van der Waals surface area contributed by atoms with Gasteiger partial charge in [-0.05, 0) is 137 Å². The molecule has 9 heterocycles. The van der Waals surface area contributed by atoms with Gasteiger partial charge in [0.25, 0.3) is 0 Å². The summed E-state index contributed by atoms with van der Waals surface area (Å²) in [5.41, 5.74) is 10.8. The molecular weight excluding hydrogens is 1000 g/mol. The van der Waals surface area contributed by atoms with Crippen LogP contribution in [0.1, 0.15) is 22.8 Å². The van der Waals surface area contributed by atoms with Gasteiger partial charge >= 0.3 is 17.1 Å². The van der Waals surface area contributed by atoms with E-state index in [9.17, 15) is 0 Å². The Kier molecular flexibility index (Phi) is 9.54. The Morgan fingerprint density at radius 2 is 0.612 bits per heavy atom. The molecule has 0 aliphatic carbocycles. The van der Waals surface area contributed by atoms with E-state index in [0.717, 1.165) is 102 Å². The molecule has 0 spiro atoms. The number of fused-ring (bicyclic) bond motifs is 8. The van der Waals surface area contributed by atoms with Gasteiger partial charge in [-0.15, -0.1) is 67.4 Å². The molecule has 0 fully saturated rings. The predicted molar refractivity (Wildman–Crippen MR) is 221 cm³/mol. The summed E-state index contributed by atoms with van der Waals surface area (Å²) in [6.45, 7) is 0. The van der Waals surface area contributed by atoms with Crippen LogP contribution in [-0.4, -0.2) is 9.97 Å². The molecule has 0 unspecified atom stereocenters. The van der Waals surface area contributed by atoms with E-state index < -0.39 is 0 Å². The molecule has 0 amide bonds. The zero-order chi connectivity index (χ0) is 32.5. The van der Waals surface area contributed by atoms with E-state index in [1.165, 1.54) is 0 Å². The van der Waals surface area contributed by atoms with Gasteiger partial charge in [0, 0.05) is 41.8 Å². The van der Waals surface area contributed by atoms with Crippen molar-refractivity contribution in [1.29, 1.82) is 0 Å². The number of rotatable bonds is 4. The maximum Gasteiger partial charge on any atom is 2.00 e. The van der Waals surface area contributed by atoms with Crippen LogP contribution in [0.15, 0.2) is 87.9 Å². The van der Waals surface area contributed by atoms with Gasteiger partial charge in [-0.1, -0.05) is 24.3 Å². The third-order valence-corrected chi connectivity index (χ3v) is 14.5. The summed E-state index contributed by atoms with van der Waals surface area (Å²) in [5, 5.41) is 0. The second-order valence-corrected chi connectivity index (χ2v) is 20.6. The molecule has 2 aliphatic heterocycles. The maximum atomic E-state index is 5.31. The fourth-order valence-corrected chi connectivity index (χ4v) is 11.7. The van der Waals surface area contributed by atoms with Crippen molar-refractivity contribution in [2.45, 2.75) is 0 Å². The molecule has 0 saturated carbocycles. The van der Waals surface area contributed by atoms with Crippen molar-refractivity contribution < 1.29 is 17.1 Å². The van der Waals surface area contributed by atoms with E-state index in [1.54, 1.807) is 45.3 Å². The largest absolute Gasteiger partial charge is 2.00 e. The van der Waals surface area contributed by atoms with Crippen molar-refractivity contribution in [3.05, 3.63) is 111 Å². The zero-order valence-corrected chi connectivity index (χ0v) is 35.0. The summed E-state index contributed by atoms with van der Waals surface area (Å²) in [5.74, 6) is 0. The first-order valence-corrected chi connectivity index (χ1v) is 20.9. The van der Waals surface area contributed by atoms with Gasteiger partial charge in [-0.25, -0.2) is 9.97 Å². The number of halogens is 4. The topological polar surface area (TPSA) is 54.0 Å². The van der Waals surface area contributed by atoms with Crippen LogP contribution in [-0.2, 0) is 17.1 Å². The van der Waals surface area contributed by atoms with Gasteiger partial charge in [0.2, 0.25) is 0 Å². The smallest absolute Gasteiger partial charge is 0.657 e. The Balaban J connectivity index is 0.00000348. The van der Waals surface area contributed by atoms with E-state index in [1.807, 2.05) is 0 Å². The van der Waals surface area contributed by atoms with Crippen LogP contribution in [0.3, 0.4) is 0 Å². The quantitative estimate of drug-likeness (QED) is 0.165. The van der Waals surface area contributed by atoms with Gasteiger partial charge in [0.15, 0.2) is 0 Å². The van der Waals surface area contributed by atoms with Gasteiger partial charge < -0.3 is 9.97 Å². The number of thiophene rings is 4. The van der Waals surface area contributed by atoms with E-state index in [4.69, 9.17) is 19.9 Å². The normalized spacial score (nSPS) is 12.2. The Labute approximate surface area is 341 Å². The van der Waals surface area contributed by atoms with Crippen LogP contribution in [0.5, 0.6) is 0 Å². The molecule has 49 heavy (non-hydrogen) atoms. The maximum absolute atomic E-state index is 5.31. The summed E-state index contributed by atoms with van der Waals surface area (Å²) >= 11 is 21.4. The SMILES string of the molecule is Brc1ccc(-c2c3nc(c(-c4ccc(Br)s4)c4ccc([n-]4)c(-c4ccc(Br)s4)c4nc(c(-c5ccc(Br)s5)c5ccc2[n-]5)C=C4)C=C3)s1.[Cu+2]. The minimum absolute atomic E-state index is 0. The van der Waals surface area contributed by atoms with Gasteiger partial charge in [-0.3, -0.25) is 0 Å². The molecule has 0 atom stereocenters. The summed E-state index contributed by atoms with van der Waals surface area (Å²) in [6, 6.07) is 25.2. The van der Waals surface area contributed by atoms with Crippen LogP contribution in [0.2, 0.25) is 0 Å². The monoisotopic (exact) mass is 1010 g/mol. The Bertz CT molecular complexity index is 2300. The molecule has 0 saturated heterocycles. The summed E-state index contributed by atoms with van der Waals surface area (Å²) < 4.78 is 4.20. The molecule has 13 heteroatoms. The number of hydrogen-bond acceptors (Lipinski definition) is 6. The molecule has 1 radical (unpaired) electrons. The molecule has 8 bridgehead atoms. The molecule has 2 aliphatic rings. The second kappa shape index (κ2) is 13.8. The molecule has 4 nitrogen and oxygen atoms in total. The first kappa shape index (κ1) is 34.0. The average molecular weight is 1020 g/mol. The van der Waals surface area contributed by atoms with E-state index >= 15 is 0 Å². The fourth-order valence-electron chi connectivity index (χ4n) is 5.89. The molecular formula is C36H16Br4CuN4S4. The van der Waals surface area contributed by atoms with Crippen LogP contribution in [0.4, 0.5) is 0 Å². The van der Waals surface area contributed by atoms with E-state index in [2.05, 4.69) is 161 Å². The molecule has 9 rings (SSSR count). The summed E-state index contributed by atoms with van der Waals surface area (Å²) in [7, 11) is 0. The third kappa shape index (κ3) is 6.34. The molecule has 243 valence electrons. The average Bonchev–Trinajstić information content (AvgIpc) is 3.89. The first-order chi connectivity index (χ1) is 23.4. The van der Waals surface area contributed by atoms with Crippen LogP contribution >= 0.6 is 109 Å². The van der Waals surface area contributed by atoms with Crippen LogP contribution < -0.4 is 9.97 Å². The second-order valence-electron chi connectivity index (χ2n) is 10.8. The van der Waals surface area contributed by atoms with Crippen molar-refractivity contribution in [2.24, 2.45) is 0 Å². The predicted octanol–water partition coefficient (Wildman–Crippen LogP) is 13.9. The Hall–Kier alpha value is -2.16. The number of aromatic nitrogens is 4. The minimum atomic E-state index is 0. The van der Waals surface area contributed by atoms with Crippen LogP contribution in [0, 0.1) is 0 Å². The molecule has 0 N–H and O–H groups in total. The molecule has 7 aromatic rings. The third-order valence-electron chi connectivity index (χ3n) is 7.89. The van der Waals surface area contributed by atoms with Crippen molar-refractivity contribution in [3.8, 4) is 41.8 Å². The van der Waals surface area contributed by atoms with Gasteiger partial charge in [0.05, 0.1) is 37.9 Å². The van der Waals surface area contributed by atoms with Crippen LogP contribution in [0.25, 0.3) is 88.1 Å². The molecule has 7 aromatic heterocycles. The van der Waals surface area contributed by atoms with Crippen molar-refractivity contribution in [1.82, 2.24) is 19.9 Å². The first-order valence-electron chi connectivity index (χ1n) is 14.5. The zero-order valence-electron chi connectivity index (χ0n) is 24.5. The summed E-state index contributed by atoms with van der Waals surface area (Å²) in [4.78, 5) is 25.6. The van der Waals surface area contributed by atoms with Crippen molar-refractivity contribution >= 4 is 155 Å². The fraction of sp³-hybridized carbons (Fsp3) is 0. The minimum Gasteiger partial charge on any atom is -0.657 e. The Morgan fingerprint density at radius 3 is 0.816 bits per heavy atom. The van der Waals surface area contributed by atoms with Gasteiger partial charge in [0.1, 0.15) is 0 Å². The van der Waals surface area contributed by atoms with Gasteiger partial charge in [-0.2, -0.15) is 0 Å². The summed E-state index contributed by atoms with van der Waals surface area (Å²) in [6.07, 6.45) is 8.40. The Morgan fingerprint density at radius 1 is 0.367 bits per heavy atom. The standard InChI is InChI=1S/C36H16Br4N4S4.Cu/c37-29-13-9-25(45-29)33-17-1-2-18(41-17)34(26-10-14-30(38)46-26)20-5-6-22(43-20)36(28-12-16-32(40)48-28)24-8-7-23(44-24)35(21-4-3-19(33)42-21)27-11-15-31(39)47-27;/h1-16H;/q-2;+2.